The smallest absolute Gasteiger partial charge is 0.242 e. The maximum Gasteiger partial charge on any atom is 0.242 e. The largest absolute Gasteiger partial charge is 0.379 e. The Labute approximate surface area is 161 Å². The van der Waals surface area contributed by atoms with Crippen LogP contribution in [-0.4, -0.2) is 74.3 Å². The van der Waals surface area contributed by atoms with Gasteiger partial charge in [0, 0.05) is 32.2 Å². The molecule has 0 amide bonds. The minimum Gasteiger partial charge on any atom is -0.379 e. The summed E-state index contributed by atoms with van der Waals surface area (Å²) in [5, 5.41) is 7.67. The van der Waals surface area contributed by atoms with Gasteiger partial charge in [-0.3, -0.25) is 4.90 Å². The predicted octanol–water partition coefficient (Wildman–Crippen LogP) is 1.79. The van der Waals surface area contributed by atoms with Crippen molar-refractivity contribution >= 4 is 10.0 Å². The Morgan fingerprint density at radius 3 is 2.63 bits per heavy atom. The van der Waals surface area contributed by atoms with E-state index in [2.05, 4.69) is 15.1 Å². The summed E-state index contributed by atoms with van der Waals surface area (Å²) in [6.07, 6.45) is 4.10. The number of rotatable bonds is 7. The molecule has 0 bridgehead atoms. The molecule has 1 aromatic carbocycles. The van der Waals surface area contributed by atoms with Gasteiger partial charge in [0.1, 0.15) is 0 Å². The van der Waals surface area contributed by atoms with E-state index in [4.69, 9.17) is 4.74 Å². The van der Waals surface area contributed by atoms with Gasteiger partial charge in [-0.2, -0.15) is 10.2 Å². The van der Waals surface area contributed by atoms with E-state index in [1.54, 1.807) is 31.6 Å². The molecule has 27 heavy (non-hydrogen) atoms. The summed E-state index contributed by atoms with van der Waals surface area (Å²) in [5.41, 5.74) is 2.77. The average molecular weight is 391 g/mol. The highest BCUT2D eigenvalue weighted by Gasteiger charge is 2.21. The van der Waals surface area contributed by atoms with Crippen molar-refractivity contribution < 1.29 is 13.2 Å². The molecule has 0 N–H and O–H groups in total. The van der Waals surface area contributed by atoms with Crippen LogP contribution >= 0.6 is 0 Å². The van der Waals surface area contributed by atoms with Crippen LogP contribution in [0.5, 0.6) is 0 Å². The van der Waals surface area contributed by atoms with Gasteiger partial charge >= 0.3 is 0 Å². The van der Waals surface area contributed by atoms with Gasteiger partial charge in [0.2, 0.25) is 10.0 Å². The predicted molar refractivity (Wildman–Crippen MR) is 104 cm³/mol. The minimum absolute atomic E-state index is 0.319. The molecule has 146 valence electrons. The molecule has 0 spiro atoms. The second-order valence-electron chi connectivity index (χ2n) is 6.74. The van der Waals surface area contributed by atoms with E-state index in [0.29, 0.717) is 11.4 Å². The Morgan fingerprint density at radius 1 is 1.19 bits per heavy atom. The lowest BCUT2D eigenvalue weighted by molar-refractivity contribution is 0.0370. The molecule has 1 saturated heterocycles. The molecule has 2 aromatic rings. The number of benzene rings is 1. The van der Waals surface area contributed by atoms with Gasteiger partial charge in [-0.1, -0.05) is 6.07 Å². The van der Waals surface area contributed by atoms with Crippen LogP contribution in [-0.2, 0) is 14.8 Å². The van der Waals surface area contributed by atoms with Gasteiger partial charge in [0.05, 0.1) is 30.5 Å². The Hall–Kier alpha value is -1.87. The van der Waals surface area contributed by atoms with E-state index < -0.39 is 10.0 Å². The standard InChI is InChI=1S/C19H26N4O3S/c1-16-14-18(4-5-19(16)17-6-7-20-21-15-17)27(24,25)22(2)8-3-9-23-10-12-26-13-11-23/h4-7,14-15H,3,8-13H2,1-2H3. The SMILES string of the molecule is Cc1cc(S(=O)(=O)N(C)CCCN2CCOCC2)ccc1-c1ccnnc1. The van der Waals surface area contributed by atoms with Crippen molar-refractivity contribution in [1.29, 1.82) is 0 Å². The number of aromatic nitrogens is 2. The summed E-state index contributed by atoms with van der Waals surface area (Å²) < 4.78 is 32.5. The fourth-order valence-electron chi connectivity index (χ4n) is 3.21. The fourth-order valence-corrected chi connectivity index (χ4v) is 4.51. The number of hydrogen-bond acceptors (Lipinski definition) is 6. The molecule has 0 atom stereocenters. The van der Waals surface area contributed by atoms with Crippen molar-refractivity contribution in [2.75, 3.05) is 46.4 Å². The molecule has 2 heterocycles. The summed E-state index contributed by atoms with van der Waals surface area (Å²) in [7, 11) is -1.86. The molecule has 0 saturated carbocycles. The van der Waals surface area contributed by atoms with Gasteiger partial charge in [0.25, 0.3) is 0 Å². The van der Waals surface area contributed by atoms with Crippen molar-refractivity contribution in [3.05, 3.63) is 42.2 Å². The zero-order chi connectivity index (χ0) is 19.3. The molecule has 1 aliphatic heterocycles. The van der Waals surface area contributed by atoms with E-state index in [1.807, 2.05) is 19.1 Å². The van der Waals surface area contributed by atoms with E-state index in [1.165, 1.54) is 4.31 Å². The van der Waals surface area contributed by atoms with Crippen LogP contribution < -0.4 is 0 Å². The van der Waals surface area contributed by atoms with Gasteiger partial charge < -0.3 is 4.74 Å². The molecule has 1 fully saturated rings. The number of morpholine rings is 1. The summed E-state index contributed by atoms with van der Waals surface area (Å²) in [5.74, 6) is 0. The van der Waals surface area contributed by atoms with Crippen molar-refractivity contribution in [3.63, 3.8) is 0 Å². The first-order valence-corrected chi connectivity index (χ1v) is 10.6. The highest BCUT2D eigenvalue weighted by atomic mass is 32.2. The van der Waals surface area contributed by atoms with E-state index in [-0.39, 0.29) is 0 Å². The molecule has 7 nitrogen and oxygen atoms in total. The molecule has 3 rings (SSSR count). The monoisotopic (exact) mass is 390 g/mol. The van der Waals surface area contributed by atoms with Crippen molar-refractivity contribution in [3.8, 4) is 11.1 Å². The average Bonchev–Trinajstić information content (AvgIpc) is 2.69. The highest BCUT2D eigenvalue weighted by molar-refractivity contribution is 7.89. The maximum atomic E-state index is 12.9. The van der Waals surface area contributed by atoms with Crippen LogP contribution in [0.25, 0.3) is 11.1 Å². The Balaban J connectivity index is 1.65. The van der Waals surface area contributed by atoms with Crippen LogP contribution in [0.4, 0.5) is 0 Å². The number of ether oxygens (including phenoxy) is 1. The van der Waals surface area contributed by atoms with Crippen LogP contribution in [0.3, 0.4) is 0 Å². The quantitative estimate of drug-likeness (QED) is 0.718. The Morgan fingerprint density at radius 2 is 1.96 bits per heavy atom. The van der Waals surface area contributed by atoms with Gasteiger partial charge in [-0.05, 0) is 49.2 Å². The lowest BCUT2D eigenvalue weighted by Crippen LogP contribution is -2.38. The first-order valence-electron chi connectivity index (χ1n) is 9.12. The summed E-state index contributed by atoms with van der Waals surface area (Å²) >= 11 is 0. The number of hydrogen-bond donors (Lipinski definition) is 0. The van der Waals surface area contributed by atoms with Gasteiger partial charge in [0.15, 0.2) is 0 Å². The second kappa shape index (κ2) is 8.88. The first kappa shape index (κ1) is 19.9. The van der Waals surface area contributed by atoms with Crippen molar-refractivity contribution in [2.45, 2.75) is 18.2 Å². The van der Waals surface area contributed by atoms with Gasteiger partial charge in [-0.15, -0.1) is 0 Å². The highest BCUT2D eigenvalue weighted by Crippen LogP contribution is 2.26. The van der Waals surface area contributed by atoms with Crippen LogP contribution in [0.15, 0.2) is 41.6 Å². The Bertz CT molecular complexity index is 853. The zero-order valence-corrected chi connectivity index (χ0v) is 16.7. The number of sulfonamides is 1. The molecular weight excluding hydrogens is 364 g/mol. The topological polar surface area (TPSA) is 75.6 Å². The minimum atomic E-state index is -3.50. The van der Waals surface area contributed by atoms with E-state index >= 15 is 0 Å². The molecule has 1 aliphatic rings. The van der Waals surface area contributed by atoms with E-state index in [9.17, 15) is 8.42 Å². The third kappa shape index (κ3) is 4.90. The molecule has 0 unspecified atom stereocenters. The summed E-state index contributed by atoms with van der Waals surface area (Å²) in [6.45, 7) is 6.64. The normalized spacial score (nSPS) is 16.0. The molecule has 0 radical (unpaired) electrons. The van der Waals surface area contributed by atoms with Crippen LogP contribution in [0.1, 0.15) is 12.0 Å². The summed E-state index contributed by atoms with van der Waals surface area (Å²) in [6, 6.07) is 7.09. The van der Waals surface area contributed by atoms with Crippen LogP contribution in [0.2, 0.25) is 0 Å². The number of aryl methyl sites for hydroxylation is 1. The number of nitrogens with zero attached hydrogens (tertiary/aromatic N) is 4. The second-order valence-corrected chi connectivity index (χ2v) is 8.79. The van der Waals surface area contributed by atoms with E-state index in [0.717, 1.165) is 56.0 Å². The Kier molecular flexibility index (Phi) is 6.54. The van der Waals surface area contributed by atoms with Crippen LogP contribution in [0, 0.1) is 6.92 Å². The van der Waals surface area contributed by atoms with Gasteiger partial charge in [-0.25, -0.2) is 12.7 Å². The molecular formula is C19H26N4O3S. The summed E-state index contributed by atoms with van der Waals surface area (Å²) in [4.78, 5) is 2.63. The lowest BCUT2D eigenvalue weighted by Gasteiger charge is -2.27. The van der Waals surface area contributed by atoms with Crippen molar-refractivity contribution in [2.24, 2.45) is 0 Å². The fraction of sp³-hybridized carbons (Fsp3) is 0.474. The lowest BCUT2D eigenvalue weighted by atomic mass is 10.0. The third-order valence-electron chi connectivity index (χ3n) is 4.85. The third-order valence-corrected chi connectivity index (χ3v) is 6.71. The van der Waals surface area contributed by atoms with Crippen molar-refractivity contribution in [1.82, 2.24) is 19.4 Å². The molecule has 0 aliphatic carbocycles. The first-order chi connectivity index (χ1) is 13.0. The maximum absolute atomic E-state index is 12.9. The zero-order valence-electron chi connectivity index (χ0n) is 15.8. The molecule has 8 heteroatoms. The molecule has 1 aromatic heterocycles.